The Balaban J connectivity index is 5.42. The minimum absolute atomic E-state index is 0.143. The first-order valence-electron chi connectivity index (χ1n) is 4.21. The fourth-order valence-corrected chi connectivity index (χ4v) is 0.860. The highest BCUT2D eigenvalue weighted by Crippen LogP contribution is 2.08. The van der Waals surface area contributed by atoms with Gasteiger partial charge in [0.1, 0.15) is 16.6 Å². The van der Waals surface area contributed by atoms with E-state index in [-0.39, 0.29) is 22.7 Å². The van der Waals surface area contributed by atoms with Crippen LogP contribution in [-0.4, -0.2) is 22.6 Å². The maximum absolute atomic E-state index is 11.0. The van der Waals surface area contributed by atoms with Crippen LogP contribution in [0.1, 0.15) is 6.92 Å². The number of aliphatic hydroxyl groups excluding tert-OH is 1. The minimum Gasteiger partial charge on any atom is -0.480 e. The summed E-state index contributed by atoms with van der Waals surface area (Å²) in [4.78, 5) is 10.8. The number of carbonyl (C=O) groups excluding carboxylic acids is 1. The number of nitrogens with two attached hydrogens (primary N) is 2. The first-order valence-corrected chi connectivity index (χ1v) is 4.62. The van der Waals surface area contributed by atoms with E-state index >= 15 is 0 Å². The molecule has 0 unspecified atom stereocenters. The minimum atomic E-state index is -0.949. The van der Waals surface area contributed by atoms with Crippen molar-refractivity contribution in [3.8, 4) is 6.07 Å². The third-order valence-corrected chi connectivity index (χ3v) is 1.67. The summed E-state index contributed by atoms with van der Waals surface area (Å²) in [6.07, 6.45) is 0.982. The number of hydrogen-bond donors (Lipinski definition) is 3. The van der Waals surface area contributed by atoms with Crippen molar-refractivity contribution >= 4 is 23.1 Å². The maximum Gasteiger partial charge on any atom is 0.289 e. The SMILES string of the molecule is CCOC(O)=C(C=C(C#N)C(N)=S)C(N)=O. The molecule has 7 heteroatoms. The molecule has 86 valence electrons. The number of nitrogens with zero attached hydrogens (tertiary/aromatic N) is 1. The van der Waals surface area contributed by atoms with Crippen LogP contribution in [0.15, 0.2) is 23.2 Å². The van der Waals surface area contributed by atoms with E-state index in [4.69, 9.17) is 16.7 Å². The average molecular weight is 241 g/mol. The van der Waals surface area contributed by atoms with Gasteiger partial charge < -0.3 is 21.3 Å². The van der Waals surface area contributed by atoms with Gasteiger partial charge in [-0.1, -0.05) is 12.2 Å². The van der Waals surface area contributed by atoms with E-state index in [1.165, 1.54) is 0 Å². The lowest BCUT2D eigenvalue weighted by Crippen LogP contribution is -2.18. The first-order chi connectivity index (χ1) is 7.43. The lowest BCUT2D eigenvalue weighted by atomic mass is 10.1. The van der Waals surface area contributed by atoms with Crippen molar-refractivity contribution in [3.05, 3.63) is 23.2 Å². The molecule has 0 aromatic heterocycles. The van der Waals surface area contributed by atoms with E-state index in [0.717, 1.165) is 6.08 Å². The Morgan fingerprint density at radius 1 is 1.62 bits per heavy atom. The van der Waals surface area contributed by atoms with Crippen molar-refractivity contribution in [1.82, 2.24) is 0 Å². The fraction of sp³-hybridized carbons (Fsp3) is 0.222. The van der Waals surface area contributed by atoms with Crippen LogP contribution in [0.3, 0.4) is 0 Å². The predicted molar refractivity (Wildman–Crippen MR) is 61.0 cm³/mol. The monoisotopic (exact) mass is 241 g/mol. The standard InChI is InChI=1S/C9H11N3O3S/c1-2-15-9(14)6(7(11)13)3-5(4-10)8(12)16/h3,14H,2H2,1H3,(H2,11,13)(H2,12,16). The van der Waals surface area contributed by atoms with Crippen molar-refractivity contribution in [1.29, 1.82) is 5.26 Å². The molecule has 5 N–H and O–H groups in total. The van der Waals surface area contributed by atoms with E-state index < -0.39 is 11.9 Å². The molecule has 0 saturated carbocycles. The van der Waals surface area contributed by atoms with E-state index in [0.29, 0.717) is 0 Å². The molecular formula is C9H11N3O3S. The molecule has 0 saturated heterocycles. The van der Waals surface area contributed by atoms with Gasteiger partial charge in [0.2, 0.25) is 0 Å². The molecule has 0 radical (unpaired) electrons. The summed E-state index contributed by atoms with van der Waals surface area (Å²) in [5.74, 6) is -1.62. The molecule has 16 heavy (non-hydrogen) atoms. The molecule has 0 heterocycles. The van der Waals surface area contributed by atoms with Crippen LogP contribution < -0.4 is 11.5 Å². The molecule has 0 aliphatic rings. The number of primary amides is 1. The number of amides is 1. The third-order valence-electron chi connectivity index (χ3n) is 1.45. The average Bonchev–Trinajstić information content (AvgIpc) is 2.18. The summed E-state index contributed by atoms with van der Waals surface area (Å²) < 4.78 is 4.69. The number of aliphatic hydroxyl groups is 1. The number of ether oxygens (including phenoxy) is 1. The molecule has 0 fully saturated rings. The van der Waals surface area contributed by atoms with Gasteiger partial charge in [-0.3, -0.25) is 4.79 Å². The Morgan fingerprint density at radius 2 is 2.19 bits per heavy atom. The van der Waals surface area contributed by atoms with Crippen LogP contribution in [0.4, 0.5) is 0 Å². The molecule has 0 aliphatic heterocycles. The molecule has 0 rings (SSSR count). The molecular weight excluding hydrogens is 230 g/mol. The Bertz CT molecular complexity index is 407. The van der Waals surface area contributed by atoms with Crippen LogP contribution in [-0.2, 0) is 9.53 Å². The quantitative estimate of drug-likeness (QED) is 0.205. The van der Waals surface area contributed by atoms with Gasteiger partial charge in [0.25, 0.3) is 11.9 Å². The second-order valence-electron chi connectivity index (χ2n) is 2.55. The Hall–Kier alpha value is -2.07. The number of thiocarbonyl (C=S) groups is 1. The third kappa shape index (κ3) is 3.98. The predicted octanol–water partition coefficient (Wildman–Crippen LogP) is 0.0139. The zero-order valence-electron chi connectivity index (χ0n) is 8.56. The second-order valence-corrected chi connectivity index (χ2v) is 2.99. The van der Waals surface area contributed by atoms with E-state index in [2.05, 4.69) is 17.0 Å². The van der Waals surface area contributed by atoms with E-state index in [1.807, 2.05) is 0 Å². The van der Waals surface area contributed by atoms with Gasteiger partial charge in [0, 0.05) is 0 Å². The normalized spacial score (nSPS) is 12.4. The summed E-state index contributed by atoms with van der Waals surface area (Å²) in [5.41, 5.74) is 9.71. The van der Waals surface area contributed by atoms with Crippen LogP contribution in [0.5, 0.6) is 0 Å². The molecule has 0 aliphatic carbocycles. The number of hydrogen-bond acceptors (Lipinski definition) is 5. The summed E-state index contributed by atoms with van der Waals surface area (Å²) in [7, 11) is 0. The summed E-state index contributed by atoms with van der Waals surface area (Å²) in [6.45, 7) is 1.75. The number of nitriles is 1. The molecule has 0 bridgehead atoms. The molecule has 0 aromatic carbocycles. The van der Waals surface area contributed by atoms with Crippen molar-refractivity contribution in [2.45, 2.75) is 6.92 Å². The largest absolute Gasteiger partial charge is 0.480 e. The van der Waals surface area contributed by atoms with Crippen LogP contribution >= 0.6 is 12.2 Å². The second kappa shape index (κ2) is 6.42. The van der Waals surface area contributed by atoms with Gasteiger partial charge >= 0.3 is 0 Å². The van der Waals surface area contributed by atoms with Gasteiger partial charge in [0.05, 0.1) is 12.2 Å². The van der Waals surface area contributed by atoms with Gasteiger partial charge in [0.15, 0.2) is 0 Å². The van der Waals surface area contributed by atoms with Crippen molar-refractivity contribution in [3.63, 3.8) is 0 Å². The van der Waals surface area contributed by atoms with E-state index in [1.54, 1.807) is 13.0 Å². The molecule has 0 atom stereocenters. The molecule has 0 aromatic rings. The number of rotatable bonds is 5. The zero-order chi connectivity index (χ0) is 12.7. The topological polar surface area (TPSA) is 122 Å². The summed E-state index contributed by atoms with van der Waals surface area (Å²) in [5, 5.41) is 18.0. The van der Waals surface area contributed by atoms with Crippen molar-refractivity contribution in [2.75, 3.05) is 6.61 Å². The summed E-state index contributed by atoms with van der Waals surface area (Å²) in [6, 6.07) is 1.67. The highest BCUT2D eigenvalue weighted by Gasteiger charge is 2.13. The van der Waals surface area contributed by atoms with Crippen LogP contribution in [0.25, 0.3) is 0 Å². The van der Waals surface area contributed by atoms with Gasteiger partial charge in [-0.25, -0.2) is 0 Å². The number of carbonyl (C=O) groups is 1. The Morgan fingerprint density at radius 3 is 2.50 bits per heavy atom. The lowest BCUT2D eigenvalue weighted by molar-refractivity contribution is -0.114. The lowest BCUT2D eigenvalue weighted by Gasteiger charge is -2.04. The van der Waals surface area contributed by atoms with Crippen molar-refractivity contribution < 1.29 is 14.6 Å². The Kier molecular flexibility index (Phi) is 5.59. The molecule has 0 spiro atoms. The van der Waals surface area contributed by atoms with Crippen LogP contribution in [0, 0.1) is 11.3 Å². The fourth-order valence-electron chi connectivity index (χ4n) is 0.756. The van der Waals surface area contributed by atoms with E-state index in [9.17, 15) is 9.90 Å². The van der Waals surface area contributed by atoms with Gasteiger partial charge in [-0.15, -0.1) is 0 Å². The molecule has 1 amide bonds. The smallest absolute Gasteiger partial charge is 0.289 e. The highest BCUT2D eigenvalue weighted by molar-refractivity contribution is 7.80. The summed E-state index contributed by atoms with van der Waals surface area (Å²) >= 11 is 4.56. The molecule has 6 nitrogen and oxygen atoms in total. The maximum atomic E-state index is 11.0. The van der Waals surface area contributed by atoms with Crippen molar-refractivity contribution in [2.24, 2.45) is 11.5 Å². The Labute approximate surface area is 97.8 Å². The highest BCUT2D eigenvalue weighted by atomic mass is 32.1. The van der Waals surface area contributed by atoms with Gasteiger partial charge in [-0.2, -0.15) is 5.26 Å². The van der Waals surface area contributed by atoms with Crippen LogP contribution in [0.2, 0.25) is 0 Å². The zero-order valence-corrected chi connectivity index (χ0v) is 9.37. The van der Waals surface area contributed by atoms with Gasteiger partial charge in [-0.05, 0) is 13.0 Å². The first kappa shape index (κ1) is 13.9.